The number of carbonyl (C=O) groups excluding carboxylic acids is 1. The molecule has 0 bridgehead atoms. The molecule has 0 aliphatic carbocycles. The summed E-state index contributed by atoms with van der Waals surface area (Å²) in [6.45, 7) is 5.05. The second-order valence-electron chi connectivity index (χ2n) is 5.63. The van der Waals surface area contributed by atoms with Crippen molar-refractivity contribution in [3.8, 4) is 11.5 Å². The summed E-state index contributed by atoms with van der Waals surface area (Å²) in [5.41, 5.74) is 5.22. The van der Waals surface area contributed by atoms with Gasteiger partial charge in [-0.2, -0.15) is 0 Å². The van der Waals surface area contributed by atoms with E-state index in [0.29, 0.717) is 5.75 Å². The first-order valence-electron chi connectivity index (χ1n) is 6.82. The molecule has 0 aromatic heterocycles. The summed E-state index contributed by atoms with van der Waals surface area (Å²) in [5.74, 6) is 0.573. The molecule has 1 aromatic rings. The molecule has 0 saturated heterocycles. The number of nitrogens with two attached hydrogens (primary N) is 1. The number of carbonyl (C=O) groups is 1. The molecular formula is C15H23FN2O4. The molecule has 1 atom stereocenters. The summed E-state index contributed by atoms with van der Waals surface area (Å²) in [5, 5.41) is 2.54. The number of nitrogens with one attached hydrogen (secondary N) is 1. The minimum absolute atomic E-state index is 0.179. The quantitative estimate of drug-likeness (QED) is 0.873. The van der Waals surface area contributed by atoms with E-state index in [1.54, 1.807) is 20.8 Å². The summed E-state index contributed by atoms with van der Waals surface area (Å²) in [7, 11) is 2.85. The maximum Gasteiger partial charge on any atom is 0.412 e. The van der Waals surface area contributed by atoms with Crippen LogP contribution in [0.15, 0.2) is 12.1 Å². The number of hydrogen-bond donors (Lipinski definition) is 2. The van der Waals surface area contributed by atoms with Crippen LogP contribution >= 0.6 is 0 Å². The minimum Gasteiger partial charge on any atom is -0.493 e. The summed E-state index contributed by atoms with van der Waals surface area (Å²) in [6.07, 6.45) is -2.05. The Kier molecular flexibility index (Phi) is 5.99. The molecule has 0 heterocycles. The van der Waals surface area contributed by atoms with E-state index < -0.39 is 17.9 Å². The van der Waals surface area contributed by atoms with Crippen molar-refractivity contribution >= 4 is 11.8 Å². The van der Waals surface area contributed by atoms with Gasteiger partial charge < -0.3 is 19.9 Å². The average molecular weight is 314 g/mol. The summed E-state index contributed by atoms with van der Waals surface area (Å²) in [4.78, 5) is 11.9. The fraction of sp³-hybridized carbons (Fsp3) is 0.533. The lowest BCUT2D eigenvalue weighted by Gasteiger charge is -2.21. The van der Waals surface area contributed by atoms with Crippen LogP contribution in [0.1, 0.15) is 32.5 Å². The average Bonchev–Trinajstić information content (AvgIpc) is 2.43. The van der Waals surface area contributed by atoms with E-state index in [9.17, 15) is 9.18 Å². The molecule has 0 radical (unpaired) electrons. The van der Waals surface area contributed by atoms with Gasteiger partial charge in [-0.25, -0.2) is 9.18 Å². The first-order valence-corrected chi connectivity index (χ1v) is 6.82. The molecular weight excluding hydrogens is 291 g/mol. The molecule has 0 aliphatic rings. The number of methoxy groups -OCH3 is 2. The van der Waals surface area contributed by atoms with Crippen molar-refractivity contribution in [1.29, 1.82) is 0 Å². The Morgan fingerprint density at radius 3 is 2.41 bits per heavy atom. The first-order chi connectivity index (χ1) is 10.2. The van der Waals surface area contributed by atoms with E-state index in [2.05, 4.69) is 5.32 Å². The fourth-order valence-corrected chi connectivity index (χ4v) is 1.81. The Hall–Kier alpha value is -2.02. The molecule has 6 nitrogen and oxygen atoms in total. The number of benzene rings is 1. The second kappa shape index (κ2) is 7.31. The standard InChI is InChI=1S/C15H23FN2O4/c1-15(2,3)22-14(19)18-11-6-9(10(16)8-17)7-12(20-4)13(11)21-5/h6-7,10H,8,17H2,1-5H3,(H,18,19). The van der Waals surface area contributed by atoms with Gasteiger partial charge in [-0.05, 0) is 38.5 Å². The first kappa shape index (κ1) is 18.0. The van der Waals surface area contributed by atoms with Crippen LogP contribution in [0.5, 0.6) is 11.5 Å². The van der Waals surface area contributed by atoms with E-state index in [4.69, 9.17) is 19.9 Å². The lowest BCUT2D eigenvalue weighted by Crippen LogP contribution is -2.27. The van der Waals surface area contributed by atoms with Gasteiger partial charge in [0.1, 0.15) is 11.8 Å². The third kappa shape index (κ3) is 4.77. The Balaban J connectivity index is 3.17. The predicted molar refractivity (Wildman–Crippen MR) is 82.3 cm³/mol. The maximum absolute atomic E-state index is 13.8. The van der Waals surface area contributed by atoms with Crippen LogP contribution in [0.25, 0.3) is 0 Å². The molecule has 1 aromatic carbocycles. The Labute approximate surface area is 129 Å². The largest absolute Gasteiger partial charge is 0.493 e. The Morgan fingerprint density at radius 1 is 1.32 bits per heavy atom. The molecule has 7 heteroatoms. The summed E-state index contributed by atoms with van der Waals surface area (Å²) < 4.78 is 29.4. The zero-order valence-corrected chi connectivity index (χ0v) is 13.5. The van der Waals surface area contributed by atoms with Crippen LogP contribution in [-0.4, -0.2) is 32.5 Å². The molecule has 0 fully saturated rings. The van der Waals surface area contributed by atoms with Gasteiger partial charge in [0, 0.05) is 6.54 Å². The lowest BCUT2D eigenvalue weighted by molar-refractivity contribution is 0.0635. The third-order valence-electron chi connectivity index (χ3n) is 2.71. The highest BCUT2D eigenvalue weighted by atomic mass is 19.1. The van der Waals surface area contributed by atoms with Crippen LogP contribution in [0, 0.1) is 0 Å². The zero-order valence-electron chi connectivity index (χ0n) is 13.5. The number of amides is 1. The molecule has 1 unspecified atom stereocenters. The minimum atomic E-state index is -1.38. The molecule has 3 N–H and O–H groups in total. The number of anilines is 1. The van der Waals surface area contributed by atoms with Gasteiger partial charge in [0.2, 0.25) is 0 Å². The predicted octanol–water partition coefficient (Wildman–Crippen LogP) is 3.02. The van der Waals surface area contributed by atoms with Crippen LogP contribution in [0.2, 0.25) is 0 Å². The van der Waals surface area contributed by atoms with E-state index >= 15 is 0 Å². The highest BCUT2D eigenvalue weighted by Gasteiger charge is 2.21. The molecule has 22 heavy (non-hydrogen) atoms. The molecule has 124 valence electrons. The summed E-state index contributed by atoms with van der Waals surface area (Å²) in [6, 6.07) is 2.93. The number of ether oxygens (including phenoxy) is 3. The second-order valence-corrected chi connectivity index (χ2v) is 5.63. The van der Waals surface area contributed by atoms with Gasteiger partial charge in [0.05, 0.1) is 19.9 Å². The van der Waals surface area contributed by atoms with Gasteiger partial charge in [-0.1, -0.05) is 0 Å². The van der Waals surface area contributed by atoms with E-state index in [-0.39, 0.29) is 23.5 Å². The zero-order chi connectivity index (χ0) is 16.9. The highest BCUT2D eigenvalue weighted by Crippen LogP contribution is 2.39. The molecule has 1 rings (SSSR count). The Morgan fingerprint density at radius 2 is 1.95 bits per heavy atom. The van der Waals surface area contributed by atoms with Crippen molar-refractivity contribution in [3.05, 3.63) is 17.7 Å². The molecule has 0 saturated carbocycles. The highest BCUT2D eigenvalue weighted by molar-refractivity contribution is 5.88. The maximum atomic E-state index is 13.8. The number of alkyl halides is 1. The monoisotopic (exact) mass is 314 g/mol. The van der Waals surface area contributed by atoms with Crippen molar-refractivity contribution < 1.29 is 23.4 Å². The van der Waals surface area contributed by atoms with E-state index in [1.165, 1.54) is 26.4 Å². The van der Waals surface area contributed by atoms with Gasteiger partial charge in [0.15, 0.2) is 11.5 Å². The number of hydrogen-bond acceptors (Lipinski definition) is 5. The van der Waals surface area contributed by atoms with E-state index in [1.807, 2.05) is 0 Å². The topological polar surface area (TPSA) is 82.8 Å². The van der Waals surface area contributed by atoms with Crippen LogP contribution in [-0.2, 0) is 4.74 Å². The Bertz CT molecular complexity index is 529. The van der Waals surface area contributed by atoms with E-state index in [0.717, 1.165) is 0 Å². The lowest BCUT2D eigenvalue weighted by atomic mass is 10.1. The van der Waals surface area contributed by atoms with Crippen LogP contribution < -0.4 is 20.5 Å². The van der Waals surface area contributed by atoms with Crippen molar-refractivity contribution in [2.45, 2.75) is 32.5 Å². The SMILES string of the molecule is COc1cc(C(F)CN)cc(NC(=O)OC(C)(C)C)c1OC. The van der Waals surface area contributed by atoms with Crippen molar-refractivity contribution in [3.63, 3.8) is 0 Å². The fourth-order valence-electron chi connectivity index (χ4n) is 1.81. The van der Waals surface area contributed by atoms with Crippen LogP contribution in [0.3, 0.4) is 0 Å². The van der Waals surface area contributed by atoms with Gasteiger partial charge in [0.25, 0.3) is 0 Å². The number of halogens is 1. The van der Waals surface area contributed by atoms with Gasteiger partial charge in [-0.3, -0.25) is 5.32 Å². The van der Waals surface area contributed by atoms with Crippen molar-refractivity contribution in [2.24, 2.45) is 5.73 Å². The third-order valence-corrected chi connectivity index (χ3v) is 2.71. The summed E-state index contributed by atoms with van der Waals surface area (Å²) >= 11 is 0. The van der Waals surface area contributed by atoms with Crippen LogP contribution in [0.4, 0.5) is 14.9 Å². The smallest absolute Gasteiger partial charge is 0.412 e. The molecule has 1 amide bonds. The molecule has 0 spiro atoms. The van der Waals surface area contributed by atoms with Gasteiger partial charge >= 0.3 is 6.09 Å². The van der Waals surface area contributed by atoms with Crippen molar-refractivity contribution in [2.75, 3.05) is 26.1 Å². The number of rotatable bonds is 5. The normalized spacial score (nSPS) is 12.5. The van der Waals surface area contributed by atoms with Gasteiger partial charge in [-0.15, -0.1) is 0 Å². The molecule has 0 aliphatic heterocycles. The van der Waals surface area contributed by atoms with Crippen molar-refractivity contribution in [1.82, 2.24) is 0 Å².